The SMILES string of the molecule is O=Cc1[nH]nc2cc(F)c(F)cc12. The summed E-state index contributed by atoms with van der Waals surface area (Å²) >= 11 is 0. The number of fused-ring (bicyclic) bond motifs is 1. The zero-order chi connectivity index (χ0) is 9.42. The van der Waals surface area contributed by atoms with Crippen LogP contribution in [0.2, 0.25) is 0 Å². The largest absolute Gasteiger partial charge is 0.296 e. The molecule has 0 radical (unpaired) electrons. The highest BCUT2D eigenvalue weighted by atomic mass is 19.2. The number of hydrogen-bond acceptors (Lipinski definition) is 2. The quantitative estimate of drug-likeness (QED) is 0.681. The van der Waals surface area contributed by atoms with E-state index in [0.29, 0.717) is 6.29 Å². The Morgan fingerprint density at radius 3 is 2.69 bits per heavy atom. The monoisotopic (exact) mass is 182 g/mol. The number of carbonyl (C=O) groups is 1. The normalized spacial score (nSPS) is 10.6. The first-order valence-electron chi connectivity index (χ1n) is 3.50. The molecule has 3 nitrogen and oxygen atoms in total. The molecule has 0 bridgehead atoms. The highest BCUT2D eigenvalue weighted by Crippen LogP contribution is 2.18. The molecule has 13 heavy (non-hydrogen) atoms. The molecule has 1 aromatic heterocycles. The molecule has 1 aromatic carbocycles. The van der Waals surface area contributed by atoms with Crippen LogP contribution < -0.4 is 0 Å². The molecule has 0 aliphatic rings. The van der Waals surface area contributed by atoms with E-state index in [1.54, 1.807) is 0 Å². The van der Waals surface area contributed by atoms with Gasteiger partial charge < -0.3 is 0 Å². The number of carbonyl (C=O) groups excluding carboxylic acids is 1. The van der Waals surface area contributed by atoms with E-state index in [4.69, 9.17) is 0 Å². The zero-order valence-electron chi connectivity index (χ0n) is 6.34. The second-order valence-electron chi connectivity index (χ2n) is 2.54. The summed E-state index contributed by atoms with van der Waals surface area (Å²) in [5.74, 6) is -1.96. The van der Waals surface area contributed by atoms with Crippen molar-refractivity contribution in [1.82, 2.24) is 10.2 Å². The molecule has 0 saturated heterocycles. The van der Waals surface area contributed by atoms with Crippen LogP contribution in [0, 0.1) is 11.6 Å². The lowest BCUT2D eigenvalue weighted by Gasteiger charge is -1.91. The fourth-order valence-electron chi connectivity index (χ4n) is 1.12. The number of halogens is 2. The third-order valence-corrected chi connectivity index (χ3v) is 1.74. The Labute approximate surface area is 71.4 Å². The Hall–Kier alpha value is -1.78. The lowest BCUT2D eigenvalue weighted by Crippen LogP contribution is -1.84. The maximum absolute atomic E-state index is 12.7. The van der Waals surface area contributed by atoms with Crippen molar-refractivity contribution in [2.24, 2.45) is 0 Å². The highest BCUT2D eigenvalue weighted by molar-refractivity contribution is 5.94. The summed E-state index contributed by atoms with van der Waals surface area (Å²) in [6.07, 6.45) is 0.507. The van der Waals surface area contributed by atoms with Gasteiger partial charge in [0.05, 0.1) is 5.52 Å². The zero-order valence-corrected chi connectivity index (χ0v) is 6.34. The van der Waals surface area contributed by atoms with E-state index < -0.39 is 11.6 Å². The summed E-state index contributed by atoms with van der Waals surface area (Å²) in [6, 6.07) is 1.88. The molecular formula is C8H4F2N2O. The van der Waals surface area contributed by atoms with Crippen molar-refractivity contribution >= 4 is 17.2 Å². The smallest absolute Gasteiger partial charge is 0.168 e. The third-order valence-electron chi connectivity index (χ3n) is 1.74. The number of aromatic amines is 1. The lowest BCUT2D eigenvalue weighted by atomic mass is 10.2. The van der Waals surface area contributed by atoms with Crippen LogP contribution in [-0.4, -0.2) is 16.5 Å². The average molecular weight is 182 g/mol. The second-order valence-corrected chi connectivity index (χ2v) is 2.54. The first-order chi connectivity index (χ1) is 6.22. The lowest BCUT2D eigenvalue weighted by molar-refractivity contribution is 0.112. The Balaban J connectivity index is 2.84. The van der Waals surface area contributed by atoms with Crippen LogP contribution in [0.1, 0.15) is 10.5 Å². The van der Waals surface area contributed by atoms with Gasteiger partial charge in [0.2, 0.25) is 0 Å². The number of hydrogen-bond donors (Lipinski definition) is 1. The Bertz CT molecular complexity index is 478. The van der Waals surface area contributed by atoms with Crippen molar-refractivity contribution in [3.63, 3.8) is 0 Å². The van der Waals surface area contributed by atoms with Gasteiger partial charge in [-0.3, -0.25) is 9.89 Å². The molecule has 1 N–H and O–H groups in total. The van der Waals surface area contributed by atoms with Crippen LogP contribution in [0.4, 0.5) is 8.78 Å². The molecule has 0 aliphatic carbocycles. The van der Waals surface area contributed by atoms with Gasteiger partial charge in [0.25, 0.3) is 0 Å². The maximum Gasteiger partial charge on any atom is 0.168 e. The van der Waals surface area contributed by atoms with E-state index in [9.17, 15) is 13.6 Å². The van der Waals surface area contributed by atoms with Gasteiger partial charge in [0.15, 0.2) is 17.9 Å². The number of nitrogens with zero attached hydrogens (tertiary/aromatic N) is 1. The minimum absolute atomic E-state index is 0.147. The molecule has 66 valence electrons. The Morgan fingerprint density at radius 1 is 1.31 bits per heavy atom. The summed E-state index contributed by atoms with van der Waals surface area (Å²) in [6.45, 7) is 0. The van der Waals surface area contributed by atoms with Crippen LogP contribution in [0.3, 0.4) is 0 Å². The first-order valence-corrected chi connectivity index (χ1v) is 3.50. The van der Waals surface area contributed by atoms with Gasteiger partial charge in [-0.1, -0.05) is 0 Å². The van der Waals surface area contributed by atoms with Gasteiger partial charge in [0.1, 0.15) is 5.69 Å². The van der Waals surface area contributed by atoms with Crippen LogP contribution in [-0.2, 0) is 0 Å². The minimum atomic E-state index is -0.989. The van der Waals surface area contributed by atoms with Crippen LogP contribution in [0.5, 0.6) is 0 Å². The number of aromatic nitrogens is 2. The van der Waals surface area contributed by atoms with Crippen molar-refractivity contribution in [2.75, 3.05) is 0 Å². The Kier molecular flexibility index (Phi) is 1.58. The highest BCUT2D eigenvalue weighted by Gasteiger charge is 2.09. The predicted octanol–water partition coefficient (Wildman–Crippen LogP) is 1.65. The van der Waals surface area contributed by atoms with Gasteiger partial charge in [-0.25, -0.2) is 8.78 Å². The molecular weight excluding hydrogens is 178 g/mol. The van der Waals surface area contributed by atoms with E-state index >= 15 is 0 Å². The van der Waals surface area contributed by atoms with Crippen LogP contribution in [0.25, 0.3) is 10.9 Å². The van der Waals surface area contributed by atoms with Crippen LogP contribution in [0.15, 0.2) is 12.1 Å². The standard InChI is InChI=1S/C8H4F2N2O/c9-5-1-4-7(2-6(5)10)11-12-8(4)3-13/h1-3H,(H,11,12). The Morgan fingerprint density at radius 2 is 2.00 bits per heavy atom. The molecule has 0 unspecified atom stereocenters. The van der Waals surface area contributed by atoms with E-state index in [0.717, 1.165) is 12.1 Å². The first kappa shape index (κ1) is 7.85. The molecule has 0 fully saturated rings. The molecule has 5 heteroatoms. The molecule has 2 rings (SSSR count). The molecule has 0 spiro atoms. The van der Waals surface area contributed by atoms with Crippen molar-refractivity contribution in [3.05, 3.63) is 29.5 Å². The minimum Gasteiger partial charge on any atom is -0.296 e. The summed E-state index contributed by atoms with van der Waals surface area (Å²) < 4.78 is 25.4. The van der Waals surface area contributed by atoms with Crippen molar-refractivity contribution in [2.45, 2.75) is 0 Å². The predicted molar refractivity (Wildman–Crippen MR) is 41.4 cm³/mol. The number of aldehydes is 1. The van der Waals surface area contributed by atoms with E-state index in [2.05, 4.69) is 10.2 Å². The second kappa shape index (κ2) is 2.62. The third kappa shape index (κ3) is 1.09. The van der Waals surface area contributed by atoms with Crippen molar-refractivity contribution in [3.8, 4) is 0 Å². The van der Waals surface area contributed by atoms with Gasteiger partial charge >= 0.3 is 0 Å². The molecule has 2 aromatic rings. The van der Waals surface area contributed by atoms with Gasteiger partial charge in [-0.15, -0.1) is 0 Å². The number of nitrogens with one attached hydrogen (secondary N) is 1. The molecule has 0 amide bonds. The van der Waals surface area contributed by atoms with E-state index in [1.807, 2.05) is 0 Å². The molecule has 1 heterocycles. The number of rotatable bonds is 1. The molecule has 0 saturated carbocycles. The van der Waals surface area contributed by atoms with Crippen molar-refractivity contribution < 1.29 is 13.6 Å². The number of H-pyrrole nitrogens is 1. The fourth-order valence-corrected chi connectivity index (χ4v) is 1.12. The molecule has 0 aliphatic heterocycles. The van der Waals surface area contributed by atoms with Gasteiger partial charge in [-0.05, 0) is 6.07 Å². The van der Waals surface area contributed by atoms with E-state index in [-0.39, 0.29) is 16.6 Å². The number of benzene rings is 1. The molecule has 0 atom stereocenters. The average Bonchev–Trinajstić information content (AvgIpc) is 2.48. The fraction of sp³-hybridized carbons (Fsp3) is 0. The maximum atomic E-state index is 12.7. The van der Waals surface area contributed by atoms with Crippen LogP contribution >= 0.6 is 0 Å². The van der Waals surface area contributed by atoms with Gasteiger partial charge in [0, 0.05) is 11.5 Å². The van der Waals surface area contributed by atoms with Crippen molar-refractivity contribution in [1.29, 1.82) is 0 Å². The summed E-state index contributed by atoms with van der Waals surface area (Å²) in [4.78, 5) is 10.4. The topological polar surface area (TPSA) is 45.8 Å². The summed E-state index contributed by atoms with van der Waals surface area (Å²) in [7, 11) is 0. The summed E-state index contributed by atoms with van der Waals surface area (Å²) in [5, 5.41) is 6.28. The summed E-state index contributed by atoms with van der Waals surface area (Å²) in [5.41, 5.74) is 0.384. The van der Waals surface area contributed by atoms with Gasteiger partial charge in [-0.2, -0.15) is 5.10 Å². The van der Waals surface area contributed by atoms with E-state index in [1.165, 1.54) is 0 Å².